The molecule has 1 aromatic carbocycles. The number of pyridine rings is 1. The first-order valence-electron chi connectivity index (χ1n) is 17.7. The summed E-state index contributed by atoms with van der Waals surface area (Å²) in [5.74, 6) is -0.730. The standard InChI is InChI=1S/C36H39F3N8O3S/c1-18(48)10-46-12-20-2-3-21(13-46)47(20)34-28-24-15-49-14-23(24)26(30-27-22(8-40)33(41)51-32(27)25(38)9-42-30)29(39)31(28)43-35(44-34)50-17-36(5-6-36)16-45-7-4-19(37)11-45/h9,18-21,48H,2-7,10-17,41H2,1H3/t18-,19-,20?,21?/m1/s1. The highest BCUT2D eigenvalue weighted by Gasteiger charge is 2.47. The van der Waals surface area contributed by atoms with Crippen molar-refractivity contribution in [1.29, 1.82) is 5.26 Å². The van der Waals surface area contributed by atoms with E-state index in [2.05, 4.69) is 25.8 Å². The van der Waals surface area contributed by atoms with Gasteiger partial charge < -0.3 is 25.2 Å². The Bertz CT molecular complexity index is 2090. The molecule has 3 saturated heterocycles. The number of thiophene rings is 1. The third-order valence-corrected chi connectivity index (χ3v) is 12.4. The van der Waals surface area contributed by atoms with Crippen LogP contribution in [0.25, 0.3) is 32.2 Å². The van der Waals surface area contributed by atoms with Gasteiger partial charge in [0.05, 0.1) is 53.5 Å². The van der Waals surface area contributed by atoms with Crippen LogP contribution in [0.2, 0.25) is 0 Å². The number of β-amino-alcohol motifs (C(OH)–C–C–N with tert-alkyl or cyclic N) is 1. The maximum atomic E-state index is 17.5. The van der Waals surface area contributed by atoms with Gasteiger partial charge in [-0.3, -0.25) is 14.8 Å². The molecule has 15 heteroatoms. The van der Waals surface area contributed by atoms with E-state index in [9.17, 15) is 14.8 Å². The minimum absolute atomic E-state index is 0.0469. The number of aliphatic hydroxyl groups excluding tert-OH is 1. The van der Waals surface area contributed by atoms with E-state index in [4.69, 9.17) is 25.2 Å². The molecule has 0 amide bonds. The Balaban J connectivity index is 1.19. The number of nitrogens with zero attached hydrogens (tertiary/aromatic N) is 7. The highest BCUT2D eigenvalue weighted by Crippen LogP contribution is 2.50. The zero-order chi connectivity index (χ0) is 35.2. The third-order valence-electron chi connectivity index (χ3n) is 11.4. The zero-order valence-electron chi connectivity index (χ0n) is 28.3. The molecule has 11 nitrogen and oxygen atoms in total. The molecule has 4 aliphatic heterocycles. The topological polar surface area (TPSA) is 137 Å². The maximum absolute atomic E-state index is 17.5. The molecule has 5 aliphatic rings. The summed E-state index contributed by atoms with van der Waals surface area (Å²) in [6.07, 6.45) is 4.04. The van der Waals surface area contributed by atoms with Gasteiger partial charge in [0, 0.05) is 67.7 Å². The number of benzene rings is 1. The zero-order valence-corrected chi connectivity index (χ0v) is 29.1. The van der Waals surface area contributed by atoms with Crippen LogP contribution in [0.3, 0.4) is 0 Å². The number of halogens is 3. The minimum Gasteiger partial charge on any atom is -0.463 e. The van der Waals surface area contributed by atoms with E-state index < -0.39 is 23.9 Å². The van der Waals surface area contributed by atoms with Crippen molar-refractivity contribution in [3.05, 3.63) is 34.5 Å². The molecule has 0 spiro atoms. The molecule has 2 unspecified atom stereocenters. The Hall–Kier alpha value is -3.81. The number of nitriles is 1. The molecule has 3 aromatic heterocycles. The number of fused-ring (bicyclic) bond motifs is 6. The number of nitrogen functional groups attached to an aromatic ring is 1. The lowest BCUT2D eigenvalue weighted by atomic mass is 9.93. The smallest absolute Gasteiger partial charge is 0.319 e. The summed E-state index contributed by atoms with van der Waals surface area (Å²) in [6.45, 7) is 6.28. The molecule has 0 radical (unpaired) electrons. The minimum atomic E-state index is -0.806. The van der Waals surface area contributed by atoms with Crippen molar-refractivity contribution < 1.29 is 27.8 Å². The Labute approximate surface area is 296 Å². The highest BCUT2D eigenvalue weighted by atomic mass is 32.1. The fraction of sp³-hybridized carbons (Fsp3) is 0.556. The van der Waals surface area contributed by atoms with Gasteiger partial charge in [0.1, 0.15) is 28.6 Å². The number of hydrogen-bond donors (Lipinski definition) is 2. The largest absolute Gasteiger partial charge is 0.463 e. The molecule has 9 rings (SSSR count). The van der Waals surface area contributed by atoms with E-state index in [0.717, 1.165) is 75.0 Å². The van der Waals surface area contributed by atoms with E-state index in [1.807, 2.05) is 0 Å². The van der Waals surface area contributed by atoms with E-state index in [-0.39, 0.29) is 74.1 Å². The van der Waals surface area contributed by atoms with E-state index in [0.29, 0.717) is 42.9 Å². The summed E-state index contributed by atoms with van der Waals surface area (Å²) in [4.78, 5) is 20.9. The normalized spacial score (nSPS) is 24.8. The lowest BCUT2D eigenvalue weighted by Gasteiger charge is -2.42. The quantitative estimate of drug-likeness (QED) is 0.244. The van der Waals surface area contributed by atoms with Gasteiger partial charge in [0.25, 0.3) is 0 Å². The molecule has 51 heavy (non-hydrogen) atoms. The fourth-order valence-electron chi connectivity index (χ4n) is 8.88. The van der Waals surface area contributed by atoms with Crippen LogP contribution in [-0.4, -0.2) is 100 Å². The number of aromatic nitrogens is 3. The van der Waals surface area contributed by atoms with Crippen LogP contribution in [0.4, 0.5) is 24.0 Å². The van der Waals surface area contributed by atoms with E-state index in [1.54, 1.807) is 6.92 Å². The molecular formula is C36H39F3N8O3S. The molecule has 1 aliphatic carbocycles. The van der Waals surface area contributed by atoms with Crippen molar-refractivity contribution in [2.45, 2.75) is 76.6 Å². The van der Waals surface area contributed by atoms with E-state index >= 15 is 8.78 Å². The van der Waals surface area contributed by atoms with Gasteiger partial charge in [0.15, 0.2) is 11.6 Å². The van der Waals surface area contributed by atoms with Crippen LogP contribution in [0.1, 0.15) is 55.7 Å². The van der Waals surface area contributed by atoms with Crippen molar-refractivity contribution in [2.75, 3.05) is 56.5 Å². The first kappa shape index (κ1) is 33.1. The lowest BCUT2D eigenvalue weighted by molar-refractivity contribution is 0.111. The van der Waals surface area contributed by atoms with Crippen molar-refractivity contribution >= 4 is 43.1 Å². The Morgan fingerprint density at radius 2 is 1.88 bits per heavy atom. The molecule has 4 atom stereocenters. The molecular weight excluding hydrogens is 682 g/mol. The van der Waals surface area contributed by atoms with Crippen LogP contribution >= 0.6 is 11.3 Å². The number of aliphatic hydroxyl groups is 1. The number of rotatable bonds is 9. The number of nitrogens with two attached hydrogens (primary N) is 1. The Morgan fingerprint density at radius 1 is 1.12 bits per heavy atom. The molecule has 7 heterocycles. The second-order valence-electron chi connectivity index (χ2n) is 15.1. The number of likely N-dealkylation sites (tertiary alicyclic amines) is 2. The van der Waals surface area contributed by atoms with Gasteiger partial charge in [0.2, 0.25) is 0 Å². The average Bonchev–Trinajstić information content (AvgIpc) is 3.40. The molecule has 2 bridgehead atoms. The molecule has 4 aromatic rings. The number of ether oxygens (including phenoxy) is 2. The summed E-state index contributed by atoms with van der Waals surface area (Å²) in [5, 5.41) is 21.0. The molecule has 4 fully saturated rings. The van der Waals surface area contributed by atoms with Crippen molar-refractivity contribution in [3.63, 3.8) is 0 Å². The second-order valence-corrected chi connectivity index (χ2v) is 16.1. The van der Waals surface area contributed by atoms with Gasteiger partial charge in [-0.05, 0) is 50.2 Å². The average molecular weight is 721 g/mol. The van der Waals surface area contributed by atoms with Gasteiger partial charge in [-0.2, -0.15) is 15.2 Å². The number of anilines is 2. The predicted molar refractivity (Wildman–Crippen MR) is 186 cm³/mol. The monoisotopic (exact) mass is 720 g/mol. The van der Waals surface area contributed by atoms with Crippen molar-refractivity contribution in [2.24, 2.45) is 5.41 Å². The Kier molecular flexibility index (Phi) is 8.04. The van der Waals surface area contributed by atoms with Crippen LogP contribution in [0.5, 0.6) is 6.01 Å². The first-order chi connectivity index (χ1) is 24.6. The SMILES string of the molecule is C[C@@H](O)CN1CC2CCC(C1)N2c1nc(OCC2(CN3CC[C@@H](F)C3)CC2)nc2c(F)c(-c3ncc(F)c4sc(N)c(C#N)c34)c3c(c12)COC3. The van der Waals surface area contributed by atoms with Gasteiger partial charge in [-0.1, -0.05) is 0 Å². The summed E-state index contributed by atoms with van der Waals surface area (Å²) in [5.41, 5.74) is 7.60. The van der Waals surface area contributed by atoms with Gasteiger partial charge in [-0.25, -0.2) is 13.2 Å². The van der Waals surface area contributed by atoms with Crippen LogP contribution in [0, 0.1) is 28.4 Å². The third kappa shape index (κ3) is 5.58. The van der Waals surface area contributed by atoms with Crippen molar-refractivity contribution in [3.8, 4) is 23.3 Å². The summed E-state index contributed by atoms with van der Waals surface area (Å²) < 4.78 is 59.0. The maximum Gasteiger partial charge on any atom is 0.319 e. The van der Waals surface area contributed by atoms with Crippen LogP contribution < -0.4 is 15.4 Å². The molecule has 268 valence electrons. The molecule has 1 saturated carbocycles. The predicted octanol–water partition coefficient (Wildman–Crippen LogP) is 4.91. The first-order valence-corrected chi connectivity index (χ1v) is 18.5. The highest BCUT2D eigenvalue weighted by molar-refractivity contribution is 7.23. The number of hydrogen-bond acceptors (Lipinski definition) is 12. The summed E-state index contributed by atoms with van der Waals surface area (Å²) >= 11 is 0.933. The van der Waals surface area contributed by atoms with Gasteiger partial charge >= 0.3 is 6.01 Å². The second kappa shape index (κ2) is 12.4. The number of alkyl halides is 1. The summed E-state index contributed by atoms with van der Waals surface area (Å²) in [7, 11) is 0. The Morgan fingerprint density at radius 3 is 2.57 bits per heavy atom. The number of piperazine rings is 1. The van der Waals surface area contributed by atoms with Gasteiger partial charge in [-0.15, -0.1) is 11.3 Å². The van der Waals surface area contributed by atoms with Crippen LogP contribution in [-0.2, 0) is 18.0 Å². The summed E-state index contributed by atoms with van der Waals surface area (Å²) in [6, 6.07) is 2.28. The fourth-order valence-corrected chi connectivity index (χ4v) is 9.80. The van der Waals surface area contributed by atoms with Crippen LogP contribution in [0.15, 0.2) is 6.20 Å². The van der Waals surface area contributed by atoms with E-state index in [1.165, 1.54) is 0 Å². The lowest BCUT2D eigenvalue weighted by Crippen LogP contribution is -2.55. The van der Waals surface area contributed by atoms with Crippen molar-refractivity contribution in [1.82, 2.24) is 24.8 Å². The molecule has 3 N–H and O–H groups in total.